The first-order valence-electron chi connectivity index (χ1n) is 4.90. The van der Waals surface area contributed by atoms with Gasteiger partial charge in [0.25, 0.3) is 0 Å². The number of aromatic nitrogens is 2. The van der Waals surface area contributed by atoms with Crippen molar-refractivity contribution in [3.05, 3.63) is 16.9 Å². The number of rotatable bonds is 5. The molecule has 1 aromatic rings. The van der Waals surface area contributed by atoms with E-state index in [2.05, 4.69) is 45.1 Å². The highest BCUT2D eigenvalue weighted by Gasteiger charge is 1.96. The zero-order chi connectivity index (χ0) is 10.4. The second-order valence-electron chi connectivity index (χ2n) is 3.69. The molecule has 0 bridgehead atoms. The van der Waals surface area contributed by atoms with Gasteiger partial charge in [0.05, 0.1) is 4.47 Å². The molecule has 3 nitrogen and oxygen atoms in total. The molecule has 78 valence electrons. The molecule has 1 rings (SSSR count). The topological polar surface area (TPSA) is 37.8 Å². The summed E-state index contributed by atoms with van der Waals surface area (Å²) in [4.78, 5) is 8.25. The third kappa shape index (κ3) is 4.56. The van der Waals surface area contributed by atoms with E-state index in [0.29, 0.717) is 5.95 Å². The van der Waals surface area contributed by atoms with E-state index in [1.54, 1.807) is 12.4 Å². The Morgan fingerprint density at radius 3 is 2.57 bits per heavy atom. The average Bonchev–Trinajstić information content (AvgIpc) is 2.15. The quantitative estimate of drug-likeness (QED) is 0.825. The van der Waals surface area contributed by atoms with Gasteiger partial charge in [0, 0.05) is 18.9 Å². The molecular formula is C10H16BrN3. The van der Waals surface area contributed by atoms with Gasteiger partial charge in [-0.25, -0.2) is 9.97 Å². The van der Waals surface area contributed by atoms with Crippen molar-refractivity contribution in [2.24, 2.45) is 5.92 Å². The minimum atomic E-state index is 0.706. The van der Waals surface area contributed by atoms with Gasteiger partial charge in [-0.2, -0.15) is 0 Å². The molecule has 0 saturated carbocycles. The van der Waals surface area contributed by atoms with Crippen LogP contribution < -0.4 is 5.32 Å². The van der Waals surface area contributed by atoms with E-state index in [0.717, 1.165) is 23.4 Å². The monoisotopic (exact) mass is 257 g/mol. The minimum absolute atomic E-state index is 0.706. The molecule has 0 atom stereocenters. The molecule has 0 radical (unpaired) electrons. The smallest absolute Gasteiger partial charge is 0.222 e. The maximum absolute atomic E-state index is 4.13. The molecule has 0 aliphatic rings. The second kappa shape index (κ2) is 5.96. The first kappa shape index (κ1) is 11.4. The Balaban J connectivity index is 2.21. The molecule has 0 spiro atoms. The predicted molar refractivity (Wildman–Crippen MR) is 62.3 cm³/mol. The molecule has 0 fully saturated rings. The maximum atomic E-state index is 4.13. The lowest BCUT2D eigenvalue weighted by atomic mass is 10.1. The second-order valence-corrected chi connectivity index (χ2v) is 4.60. The van der Waals surface area contributed by atoms with E-state index in [1.165, 1.54) is 6.42 Å². The van der Waals surface area contributed by atoms with Crippen LogP contribution in [0.5, 0.6) is 0 Å². The molecule has 1 aromatic heterocycles. The molecule has 4 heteroatoms. The van der Waals surface area contributed by atoms with Gasteiger partial charge in [0.1, 0.15) is 0 Å². The van der Waals surface area contributed by atoms with Gasteiger partial charge in [-0.3, -0.25) is 0 Å². The number of hydrogen-bond acceptors (Lipinski definition) is 3. The highest BCUT2D eigenvalue weighted by atomic mass is 79.9. The normalized spacial score (nSPS) is 10.6. The summed E-state index contributed by atoms with van der Waals surface area (Å²) in [6.45, 7) is 5.41. The van der Waals surface area contributed by atoms with Crippen LogP contribution in [0.2, 0.25) is 0 Å². The molecule has 0 unspecified atom stereocenters. The van der Waals surface area contributed by atoms with Crippen LogP contribution >= 0.6 is 15.9 Å². The standard InChI is InChI=1S/C10H16BrN3/c1-8(2)4-3-5-12-10-13-6-9(11)7-14-10/h6-8H,3-5H2,1-2H3,(H,12,13,14). The predicted octanol–water partition coefficient (Wildman–Crippen LogP) is 3.09. The molecular weight excluding hydrogens is 242 g/mol. The minimum Gasteiger partial charge on any atom is -0.354 e. The van der Waals surface area contributed by atoms with Gasteiger partial charge in [0.15, 0.2) is 0 Å². The molecule has 0 aromatic carbocycles. The highest BCUT2D eigenvalue weighted by Crippen LogP contribution is 2.07. The summed E-state index contributed by atoms with van der Waals surface area (Å²) in [5.74, 6) is 1.47. The largest absolute Gasteiger partial charge is 0.354 e. The summed E-state index contributed by atoms with van der Waals surface area (Å²) >= 11 is 3.29. The Morgan fingerprint density at radius 2 is 2.00 bits per heavy atom. The number of nitrogens with one attached hydrogen (secondary N) is 1. The SMILES string of the molecule is CC(C)CCCNc1ncc(Br)cn1. The molecule has 0 amide bonds. The Kier molecular flexibility index (Phi) is 4.87. The summed E-state index contributed by atoms with van der Waals surface area (Å²) in [7, 11) is 0. The van der Waals surface area contributed by atoms with E-state index in [4.69, 9.17) is 0 Å². The Hall–Kier alpha value is -0.640. The maximum Gasteiger partial charge on any atom is 0.222 e. The number of halogens is 1. The van der Waals surface area contributed by atoms with Crippen LogP contribution in [0, 0.1) is 5.92 Å². The van der Waals surface area contributed by atoms with E-state index in [-0.39, 0.29) is 0 Å². The van der Waals surface area contributed by atoms with Crippen molar-refractivity contribution in [2.75, 3.05) is 11.9 Å². The average molecular weight is 258 g/mol. The Labute approximate surface area is 93.5 Å². The zero-order valence-corrected chi connectivity index (χ0v) is 10.2. The van der Waals surface area contributed by atoms with Crippen LogP contribution in [0.4, 0.5) is 5.95 Å². The fourth-order valence-electron chi connectivity index (χ4n) is 1.11. The lowest BCUT2D eigenvalue weighted by Gasteiger charge is -2.05. The van der Waals surface area contributed by atoms with Crippen molar-refractivity contribution < 1.29 is 0 Å². The number of nitrogens with zero attached hydrogens (tertiary/aromatic N) is 2. The summed E-state index contributed by atoms with van der Waals surface area (Å²) in [6.07, 6.45) is 5.90. The number of anilines is 1. The van der Waals surface area contributed by atoms with E-state index in [1.807, 2.05) is 0 Å². The van der Waals surface area contributed by atoms with Crippen molar-refractivity contribution in [3.8, 4) is 0 Å². The van der Waals surface area contributed by atoms with Gasteiger partial charge in [-0.15, -0.1) is 0 Å². The third-order valence-corrected chi connectivity index (χ3v) is 2.27. The van der Waals surface area contributed by atoms with Gasteiger partial charge in [-0.1, -0.05) is 13.8 Å². The third-order valence-electron chi connectivity index (χ3n) is 1.86. The summed E-state index contributed by atoms with van der Waals surface area (Å²) in [5, 5.41) is 3.18. The van der Waals surface area contributed by atoms with Gasteiger partial charge < -0.3 is 5.32 Å². The molecule has 0 saturated heterocycles. The van der Waals surface area contributed by atoms with E-state index >= 15 is 0 Å². The van der Waals surface area contributed by atoms with Crippen molar-refractivity contribution in [2.45, 2.75) is 26.7 Å². The lowest BCUT2D eigenvalue weighted by molar-refractivity contribution is 0.566. The van der Waals surface area contributed by atoms with Crippen molar-refractivity contribution in [3.63, 3.8) is 0 Å². The Bertz CT molecular complexity index is 259. The van der Waals surface area contributed by atoms with E-state index in [9.17, 15) is 0 Å². The van der Waals surface area contributed by atoms with Crippen LogP contribution in [0.15, 0.2) is 16.9 Å². The van der Waals surface area contributed by atoms with Crippen LogP contribution in [0.1, 0.15) is 26.7 Å². The zero-order valence-electron chi connectivity index (χ0n) is 8.63. The molecule has 0 aliphatic carbocycles. The number of hydrogen-bond donors (Lipinski definition) is 1. The van der Waals surface area contributed by atoms with Crippen LogP contribution in [-0.2, 0) is 0 Å². The first-order chi connectivity index (χ1) is 6.68. The molecule has 14 heavy (non-hydrogen) atoms. The summed E-state index contributed by atoms with van der Waals surface area (Å²) in [6, 6.07) is 0. The van der Waals surface area contributed by atoms with Gasteiger partial charge >= 0.3 is 0 Å². The molecule has 0 aliphatic heterocycles. The van der Waals surface area contributed by atoms with Crippen molar-refractivity contribution in [1.29, 1.82) is 0 Å². The lowest BCUT2D eigenvalue weighted by Crippen LogP contribution is -2.05. The van der Waals surface area contributed by atoms with Crippen LogP contribution in [-0.4, -0.2) is 16.5 Å². The summed E-state index contributed by atoms with van der Waals surface area (Å²) in [5.41, 5.74) is 0. The van der Waals surface area contributed by atoms with Crippen molar-refractivity contribution in [1.82, 2.24) is 9.97 Å². The van der Waals surface area contributed by atoms with Crippen LogP contribution in [0.3, 0.4) is 0 Å². The van der Waals surface area contributed by atoms with Gasteiger partial charge in [0.2, 0.25) is 5.95 Å². The fraction of sp³-hybridized carbons (Fsp3) is 0.600. The van der Waals surface area contributed by atoms with E-state index < -0.39 is 0 Å². The highest BCUT2D eigenvalue weighted by molar-refractivity contribution is 9.10. The van der Waals surface area contributed by atoms with Gasteiger partial charge in [-0.05, 0) is 34.7 Å². The Morgan fingerprint density at radius 1 is 1.36 bits per heavy atom. The summed E-state index contributed by atoms with van der Waals surface area (Å²) < 4.78 is 0.908. The molecule has 1 N–H and O–H groups in total. The molecule has 1 heterocycles. The first-order valence-corrected chi connectivity index (χ1v) is 5.69. The van der Waals surface area contributed by atoms with Crippen LogP contribution in [0.25, 0.3) is 0 Å². The fourth-order valence-corrected chi connectivity index (χ4v) is 1.32. The van der Waals surface area contributed by atoms with Crippen molar-refractivity contribution >= 4 is 21.9 Å².